The third kappa shape index (κ3) is 2.10. The standard InChI is InChI=1S/C16H17BrN2O2/c1-18-8-16(9-18)5-6-19(10-16)15(20)13-7-11-3-2-4-12(17)14(11)21-13/h2-4,7H,5-6,8-10H2,1H3. The molecule has 1 aromatic carbocycles. The molecule has 5 heteroatoms. The highest BCUT2D eigenvalue weighted by Crippen LogP contribution is 2.39. The summed E-state index contributed by atoms with van der Waals surface area (Å²) >= 11 is 3.46. The van der Waals surface area contributed by atoms with Crippen molar-refractivity contribution in [1.29, 1.82) is 0 Å². The van der Waals surface area contributed by atoms with Crippen LogP contribution < -0.4 is 0 Å². The van der Waals surface area contributed by atoms with Crippen LogP contribution in [0.1, 0.15) is 17.0 Å². The van der Waals surface area contributed by atoms with Crippen molar-refractivity contribution in [2.45, 2.75) is 6.42 Å². The lowest BCUT2D eigenvalue weighted by Crippen LogP contribution is -2.55. The van der Waals surface area contributed by atoms with Gasteiger partial charge in [0.1, 0.15) is 5.58 Å². The van der Waals surface area contributed by atoms with Gasteiger partial charge in [0.05, 0.1) is 4.47 Å². The molecule has 0 atom stereocenters. The van der Waals surface area contributed by atoms with Crippen molar-refractivity contribution in [1.82, 2.24) is 9.80 Å². The fraction of sp³-hybridized carbons (Fsp3) is 0.438. The second-order valence-corrected chi connectivity index (χ2v) is 7.27. The monoisotopic (exact) mass is 348 g/mol. The molecule has 2 fully saturated rings. The normalized spacial score (nSPS) is 21.1. The van der Waals surface area contributed by atoms with Gasteiger partial charge in [0, 0.05) is 37.0 Å². The minimum Gasteiger partial charge on any atom is -0.450 e. The summed E-state index contributed by atoms with van der Waals surface area (Å²) in [6, 6.07) is 7.69. The van der Waals surface area contributed by atoms with Gasteiger partial charge in [-0.2, -0.15) is 0 Å². The molecule has 2 aromatic rings. The zero-order valence-corrected chi connectivity index (χ0v) is 13.5. The molecule has 110 valence electrons. The van der Waals surface area contributed by atoms with Crippen molar-refractivity contribution in [3.63, 3.8) is 0 Å². The number of hydrogen-bond acceptors (Lipinski definition) is 3. The maximum atomic E-state index is 12.6. The van der Waals surface area contributed by atoms with Gasteiger partial charge in [-0.1, -0.05) is 12.1 Å². The Morgan fingerprint density at radius 3 is 2.86 bits per heavy atom. The van der Waals surface area contributed by atoms with E-state index < -0.39 is 0 Å². The van der Waals surface area contributed by atoms with Gasteiger partial charge in [-0.15, -0.1) is 0 Å². The largest absolute Gasteiger partial charge is 0.450 e. The predicted molar refractivity (Wildman–Crippen MR) is 84.4 cm³/mol. The minimum atomic E-state index is 0.0181. The summed E-state index contributed by atoms with van der Waals surface area (Å²) in [4.78, 5) is 16.9. The van der Waals surface area contributed by atoms with E-state index in [-0.39, 0.29) is 5.91 Å². The molecule has 0 aliphatic carbocycles. The quantitative estimate of drug-likeness (QED) is 0.794. The zero-order valence-electron chi connectivity index (χ0n) is 11.9. The molecule has 1 amide bonds. The van der Waals surface area contributed by atoms with Crippen LogP contribution >= 0.6 is 15.9 Å². The average molecular weight is 349 g/mol. The molecule has 4 nitrogen and oxygen atoms in total. The Balaban J connectivity index is 1.58. The van der Waals surface area contributed by atoms with Crippen LogP contribution in [0.4, 0.5) is 0 Å². The van der Waals surface area contributed by atoms with Crippen molar-refractivity contribution in [2.75, 3.05) is 33.2 Å². The first-order valence-corrected chi connectivity index (χ1v) is 8.02. The minimum absolute atomic E-state index is 0.0181. The van der Waals surface area contributed by atoms with Crippen molar-refractivity contribution < 1.29 is 9.21 Å². The Labute approximate surface area is 131 Å². The van der Waals surface area contributed by atoms with Crippen LogP contribution in [0.25, 0.3) is 11.0 Å². The number of carbonyl (C=O) groups is 1. The van der Waals surface area contributed by atoms with Gasteiger partial charge >= 0.3 is 0 Å². The fourth-order valence-corrected chi connectivity index (χ4v) is 4.22. The lowest BCUT2D eigenvalue weighted by molar-refractivity contribution is 0.0288. The van der Waals surface area contributed by atoms with Gasteiger partial charge in [0.15, 0.2) is 5.76 Å². The second kappa shape index (κ2) is 4.58. The van der Waals surface area contributed by atoms with Crippen LogP contribution in [0.15, 0.2) is 33.2 Å². The Hall–Kier alpha value is -1.33. The first-order valence-electron chi connectivity index (χ1n) is 7.22. The number of furan rings is 1. The number of carbonyl (C=O) groups excluding carboxylic acids is 1. The van der Waals surface area contributed by atoms with E-state index in [4.69, 9.17) is 4.42 Å². The van der Waals surface area contributed by atoms with Gasteiger partial charge < -0.3 is 14.2 Å². The topological polar surface area (TPSA) is 36.7 Å². The van der Waals surface area contributed by atoms with Crippen LogP contribution in [0.5, 0.6) is 0 Å². The van der Waals surface area contributed by atoms with E-state index in [0.717, 1.165) is 48.0 Å². The number of benzene rings is 1. The average Bonchev–Trinajstić information content (AvgIpc) is 3.02. The molecule has 0 radical (unpaired) electrons. The van der Waals surface area contributed by atoms with E-state index in [0.29, 0.717) is 11.2 Å². The highest BCUT2D eigenvalue weighted by molar-refractivity contribution is 9.10. The molecule has 21 heavy (non-hydrogen) atoms. The van der Waals surface area contributed by atoms with E-state index in [1.165, 1.54) is 0 Å². The van der Waals surface area contributed by atoms with Gasteiger partial charge in [-0.25, -0.2) is 0 Å². The van der Waals surface area contributed by atoms with Gasteiger partial charge in [0.25, 0.3) is 5.91 Å². The Morgan fingerprint density at radius 1 is 1.33 bits per heavy atom. The molecule has 2 aliphatic rings. The lowest BCUT2D eigenvalue weighted by atomic mass is 9.79. The number of amides is 1. The third-order valence-corrected chi connectivity index (χ3v) is 5.27. The van der Waals surface area contributed by atoms with Crippen LogP contribution in [0.3, 0.4) is 0 Å². The molecule has 3 heterocycles. The number of para-hydroxylation sites is 1. The number of rotatable bonds is 1. The van der Waals surface area contributed by atoms with E-state index >= 15 is 0 Å². The summed E-state index contributed by atoms with van der Waals surface area (Å²) < 4.78 is 6.65. The summed E-state index contributed by atoms with van der Waals surface area (Å²) in [6.07, 6.45) is 1.10. The first-order chi connectivity index (χ1) is 10.1. The molecule has 1 spiro atoms. The lowest BCUT2D eigenvalue weighted by Gasteiger charge is -2.46. The number of hydrogen-bond donors (Lipinski definition) is 0. The molecule has 0 N–H and O–H groups in total. The summed E-state index contributed by atoms with van der Waals surface area (Å²) in [5.41, 5.74) is 1.08. The van der Waals surface area contributed by atoms with Crippen molar-refractivity contribution in [2.24, 2.45) is 5.41 Å². The van der Waals surface area contributed by atoms with E-state index in [1.54, 1.807) is 0 Å². The first kappa shape index (κ1) is 13.3. The van der Waals surface area contributed by atoms with Crippen molar-refractivity contribution in [3.8, 4) is 0 Å². The van der Waals surface area contributed by atoms with E-state index in [9.17, 15) is 4.79 Å². The molecule has 4 rings (SSSR count). The van der Waals surface area contributed by atoms with Gasteiger partial charge in [0.2, 0.25) is 0 Å². The predicted octanol–water partition coefficient (Wildman–Crippen LogP) is 2.97. The van der Waals surface area contributed by atoms with Crippen molar-refractivity contribution >= 4 is 32.8 Å². The van der Waals surface area contributed by atoms with Gasteiger partial charge in [-0.3, -0.25) is 4.79 Å². The smallest absolute Gasteiger partial charge is 0.289 e. The Kier molecular flexibility index (Phi) is 2.91. The van der Waals surface area contributed by atoms with E-state index in [2.05, 4.69) is 27.9 Å². The highest BCUT2D eigenvalue weighted by Gasteiger charge is 2.47. The van der Waals surface area contributed by atoms with Crippen LogP contribution in [-0.2, 0) is 0 Å². The molecule has 0 unspecified atom stereocenters. The summed E-state index contributed by atoms with van der Waals surface area (Å²) in [5.74, 6) is 0.464. The maximum Gasteiger partial charge on any atom is 0.289 e. The Morgan fingerprint density at radius 2 is 2.14 bits per heavy atom. The van der Waals surface area contributed by atoms with E-state index in [1.807, 2.05) is 29.2 Å². The van der Waals surface area contributed by atoms with Crippen LogP contribution in [0.2, 0.25) is 0 Å². The van der Waals surface area contributed by atoms with Crippen LogP contribution in [-0.4, -0.2) is 48.9 Å². The molecular formula is C16H17BrN2O2. The SMILES string of the molecule is CN1CC2(CCN(C(=O)c3cc4cccc(Br)c4o3)C2)C1. The van der Waals surface area contributed by atoms with Gasteiger partial charge in [-0.05, 0) is 41.5 Å². The highest BCUT2D eigenvalue weighted by atomic mass is 79.9. The molecule has 2 saturated heterocycles. The summed E-state index contributed by atoms with van der Waals surface area (Å²) in [7, 11) is 2.13. The van der Waals surface area contributed by atoms with Crippen molar-refractivity contribution in [3.05, 3.63) is 34.5 Å². The second-order valence-electron chi connectivity index (χ2n) is 6.42. The molecule has 0 saturated carbocycles. The number of likely N-dealkylation sites (tertiary alicyclic amines) is 2. The zero-order chi connectivity index (χ0) is 14.6. The molecular weight excluding hydrogens is 332 g/mol. The molecule has 2 aliphatic heterocycles. The number of nitrogens with zero attached hydrogens (tertiary/aromatic N) is 2. The van der Waals surface area contributed by atoms with Crippen LogP contribution in [0, 0.1) is 5.41 Å². The fourth-order valence-electron chi connectivity index (χ4n) is 3.75. The molecule has 0 bridgehead atoms. The summed E-state index contributed by atoms with van der Waals surface area (Å²) in [5, 5.41) is 0.963. The Bertz CT molecular complexity index is 718. The number of halogens is 1. The summed E-state index contributed by atoms with van der Waals surface area (Å²) in [6.45, 7) is 3.89. The number of fused-ring (bicyclic) bond motifs is 1. The molecule has 1 aromatic heterocycles. The third-order valence-electron chi connectivity index (χ3n) is 4.64. The maximum absolute atomic E-state index is 12.6.